The van der Waals surface area contributed by atoms with Crippen LogP contribution in [-0.2, 0) is 11.3 Å². The van der Waals surface area contributed by atoms with E-state index in [2.05, 4.69) is 20.7 Å². The maximum atomic E-state index is 12.6. The van der Waals surface area contributed by atoms with Gasteiger partial charge in [0.25, 0.3) is 5.56 Å². The highest BCUT2D eigenvalue weighted by Crippen LogP contribution is 2.10. The Kier molecular flexibility index (Phi) is 5.04. The van der Waals surface area contributed by atoms with E-state index in [9.17, 15) is 14.4 Å². The van der Waals surface area contributed by atoms with Crippen LogP contribution < -0.4 is 16.6 Å². The highest BCUT2D eigenvalue weighted by Gasteiger charge is 2.17. The second-order valence-electron chi connectivity index (χ2n) is 6.29. The summed E-state index contributed by atoms with van der Waals surface area (Å²) in [4.78, 5) is 41.6. The van der Waals surface area contributed by atoms with Gasteiger partial charge in [0, 0.05) is 6.54 Å². The van der Waals surface area contributed by atoms with Crippen molar-refractivity contribution in [2.45, 2.75) is 19.5 Å². The molecule has 148 valence electrons. The van der Waals surface area contributed by atoms with Crippen LogP contribution in [0.5, 0.6) is 0 Å². The summed E-state index contributed by atoms with van der Waals surface area (Å²) in [5, 5.41) is 13.3. The lowest BCUT2D eigenvalue weighted by Gasteiger charge is -2.15. The molecule has 1 amide bonds. The van der Waals surface area contributed by atoms with E-state index in [1.807, 2.05) is 11.4 Å². The smallest absolute Gasteiger partial charge is 0.352 e. The summed E-state index contributed by atoms with van der Waals surface area (Å²) in [5.41, 5.74) is -0.0902. The van der Waals surface area contributed by atoms with Crippen molar-refractivity contribution in [2.75, 3.05) is 6.54 Å². The zero-order valence-corrected chi connectivity index (χ0v) is 16.2. The Hall–Kier alpha value is -3.60. The van der Waals surface area contributed by atoms with Crippen LogP contribution in [0.15, 0.2) is 57.7 Å². The van der Waals surface area contributed by atoms with E-state index in [-0.39, 0.29) is 30.2 Å². The summed E-state index contributed by atoms with van der Waals surface area (Å²) >= 11 is 1.37. The van der Waals surface area contributed by atoms with Crippen molar-refractivity contribution in [1.29, 1.82) is 0 Å². The number of hydrogen-bond donors (Lipinski definition) is 1. The first kappa shape index (κ1) is 18.7. The number of nitrogens with zero attached hydrogens (tertiary/aromatic N) is 6. The average molecular weight is 411 g/mol. The van der Waals surface area contributed by atoms with E-state index in [0.717, 1.165) is 0 Å². The number of amides is 1. The number of aromatic nitrogens is 6. The monoisotopic (exact) mass is 411 g/mol. The largest absolute Gasteiger partial charge is 0.369 e. The molecule has 4 aromatic rings. The molecule has 29 heavy (non-hydrogen) atoms. The molecule has 0 aliphatic carbocycles. The molecule has 4 rings (SSSR count). The number of para-hydroxylation sites is 1. The second-order valence-corrected chi connectivity index (χ2v) is 7.21. The molecule has 0 saturated carbocycles. The molecule has 0 bridgehead atoms. The van der Waals surface area contributed by atoms with Crippen molar-refractivity contribution < 1.29 is 4.79 Å². The first-order valence-electron chi connectivity index (χ1n) is 8.86. The third-order valence-corrected chi connectivity index (χ3v) is 5.31. The van der Waals surface area contributed by atoms with Crippen molar-refractivity contribution in [3.63, 3.8) is 0 Å². The van der Waals surface area contributed by atoms with Gasteiger partial charge >= 0.3 is 5.69 Å². The van der Waals surface area contributed by atoms with Crippen molar-refractivity contribution in [1.82, 2.24) is 34.7 Å². The summed E-state index contributed by atoms with van der Waals surface area (Å²) in [6.45, 7) is 1.95. The van der Waals surface area contributed by atoms with Crippen LogP contribution in [0.2, 0.25) is 0 Å². The third-order valence-electron chi connectivity index (χ3n) is 4.46. The minimum atomic E-state index is -0.752. The molecule has 1 atom stereocenters. The van der Waals surface area contributed by atoms with E-state index in [1.165, 1.54) is 31.6 Å². The summed E-state index contributed by atoms with van der Waals surface area (Å²) in [7, 11) is 0. The van der Waals surface area contributed by atoms with E-state index in [4.69, 9.17) is 0 Å². The first-order valence-corrected chi connectivity index (χ1v) is 9.74. The molecular weight excluding hydrogens is 394 g/mol. The molecule has 10 nitrogen and oxygen atoms in total. The molecule has 3 aromatic heterocycles. The highest BCUT2D eigenvalue weighted by molar-refractivity contribution is 7.12. The van der Waals surface area contributed by atoms with E-state index >= 15 is 0 Å². The van der Waals surface area contributed by atoms with Gasteiger partial charge < -0.3 is 5.32 Å². The molecule has 1 unspecified atom stereocenters. The predicted octanol–water partition coefficient (Wildman–Crippen LogP) is 0.578. The van der Waals surface area contributed by atoms with Crippen LogP contribution >= 0.6 is 11.3 Å². The van der Waals surface area contributed by atoms with Gasteiger partial charge in [-0.05, 0) is 47.0 Å². The maximum Gasteiger partial charge on any atom is 0.369 e. The Morgan fingerprint density at radius 2 is 2.00 bits per heavy atom. The lowest BCUT2D eigenvalue weighted by atomic mass is 10.2. The van der Waals surface area contributed by atoms with Crippen LogP contribution in [0.4, 0.5) is 0 Å². The van der Waals surface area contributed by atoms with Crippen molar-refractivity contribution in [2.24, 2.45) is 0 Å². The summed E-state index contributed by atoms with van der Waals surface area (Å²) in [6, 6.07) is 9.80. The molecule has 0 saturated heterocycles. The number of thiophene rings is 1. The van der Waals surface area contributed by atoms with Crippen molar-refractivity contribution >= 4 is 28.1 Å². The number of carbonyl (C=O) groups is 1. The van der Waals surface area contributed by atoms with E-state index < -0.39 is 6.04 Å². The number of hydrogen-bond acceptors (Lipinski definition) is 7. The molecule has 0 spiro atoms. The quantitative estimate of drug-likeness (QED) is 0.496. The maximum absolute atomic E-state index is 12.6. The summed E-state index contributed by atoms with van der Waals surface area (Å²) in [6.07, 6.45) is 1.37. The van der Waals surface area contributed by atoms with Gasteiger partial charge in [-0.2, -0.15) is 9.36 Å². The van der Waals surface area contributed by atoms with Crippen LogP contribution in [0.25, 0.3) is 15.9 Å². The molecule has 0 aliphatic heterocycles. The van der Waals surface area contributed by atoms with Crippen LogP contribution in [-0.4, -0.2) is 41.8 Å². The predicted molar refractivity (Wildman–Crippen MR) is 107 cm³/mol. The Bertz CT molecular complexity index is 1270. The Labute approximate surface area is 168 Å². The van der Waals surface area contributed by atoms with Gasteiger partial charge in [0.1, 0.15) is 11.0 Å². The van der Waals surface area contributed by atoms with Crippen LogP contribution in [0, 0.1) is 0 Å². The Morgan fingerprint density at radius 3 is 2.79 bits per heavy atom. The summed E-state index contributed by atoms with van der Waals surface area (Å²) < 4.78 is 3.67. The number of carbonyl (C=O) groups excluding carboxylic acids is 1. The van der Waals surface area contributed by atoms with Gasteiger partial charge in [0.15, 0.2) is 0 Å². The van der Waals surface area contributed by atoms with E-state index in [0.29, 0.717) is 15.9 Å². The fourth-order valence-corrected chi connectivity index (χ4v) is 3.53. The number of fused-ring (bicyclic) bond motifs is 1. The number of nitrogens with one attached hydrogen (secondary N) is 1. The lowest BCUT2D eigenvalue weighted by molar-refractivity contribution is -0.124. The topological polar surface area (TPSA) is 117 Å². The lowest BCUT2D eigenvalue weighted by Crippen LogP contribution is -2.38. The molecule has 1 N–H and O–H groups in total. The third kappa shape index (κ3) is 3.59. The Morgan fingerprint density at radius 1 is 1.17 bits per heavy atom. The van der Waals surface area contributed by atoms with Gasteiger partial charge in [-0.1, -0.05) is 12.1 Å². The molecular formula is C18H17N7O3S. The van der Waals surface area contributed by atoms with Crippen LogP contribution in [0.1, 0.15) is 13.0 Å². The fraction of sp³-hybridized carbons (Fsp3) is 0.222. The van der Waals surface area contributed by atoms with Crippen LogP contribution in [0.3, 0.4) is 0 Å². The van der Waals surface area contributed by atoms with Gasteiger partial charge in [-0.3, -0.25) is 14.2 Å². The van der Waals surface area contributed by atoms with Gasteiger partial charge in [0.05, 0.1) is 23.8 Å². The van der Waals surface area contributed by atoms with Gasteiger partial charge in [-0.15, -0.1) is 11.3 Å². The normalized spacial score (nSPS) is 12.2. The second kappa shape index (κ2) is 7.80. The molecule has 0 aliphatic rings. The SMILES string of the molecule is CC(C(=O)NCCn1nnn(-c2cccs2)c1=O)n1cnc2ccccc2c1=O. The molecule has 0 radical (unpaired) electrons. The van der Waals surface area contributed by atoms with Gasteiger partial charge in [0.2, 0.25) is 5.91 Å². The molecule has 11 heteroatoms. The van der Waals surface area contributed by atoms with Gasteiger partial charge in [-0.25, -0.2) is 9.78 Å². The molecule has 1 aromatic carbocycles. The Balaban J connectivity index is 1.42. The minimum absolute atomic E-state index is 0.160. The fourth-order valence-electron chi connectivity index (χ4n) is 2.86. The number of benzene rings is 1. The first-order chi connectivity index (χ1) is 14.1. The summed E-state index contributed by atoms with van der Waals surface area (Å²) in [5.74, 6) is -0.358. The number of rotatable bonds is 6. The zero-order valence-electron chi connectivity index (χ0n) is 15.4. The molecule has 0 fully saturated rings. The van der Waals surface area contributed by atoms with Crippen molar-refractivity contribution in [3.8, 4) is 5.00 Å². The molecule has 3 heterocycles. The van der Waals surface area contributed by atoms with E-state index in [1.54, 1.807) is 37.3 Å². The standard InChI is InChI=1S/C18H17N7O3S/c1-12(23-11-20-14-6-3-2-5-13(14)17(23)27)16(26)19-8-9-24-18(28)25(22-21-24)15-7-4-10-29-15/h2-7,10-12H,8-9H2,1H3,(H,19,26). The minimum Gasteiger partial charge on any atom is -0.352 e. The number of tetrazole rings is 1. The van der Waals surface area contributed by atoms with Crippen molar-refractivity contribution in [3.05, 3.63) is 68.9 Å². The zero-order chi connectivity index (χ0) is 20.4. The highest BCUT2D eigenvalue weighted by atomic mass is 32.1. The average Bonchev–Trinajstić information content (AvgIpc) is 3.38.